The quantitative estimate of drug-likeness (QED) is 0.663. The van der Waals surface area contributed by atoms with E-state index in [1.807, 2.05) is 0 Å². The Balaban J connectivity index is 2.28. The van der Waals surface area contributed by atoms with Crippen molar-refractivity contribution >= 4 is 35.1 Å². The van der Waals surface area contributed by atoms with Crippen LogP contribution in [0.5, 0.6) is 0 Å². The lowest BCUT2D eigenvalue weighted by atomic mass is 10.2. The SMILES string of the molecule is Nc1cc(C(=O)N2CC(=O)NC(=O)C2)c(Cl)cn1. The second kappa shape index (κ2) is 4.61. The van der Waals surface area contributed by atoms with Gasteiger partial charge in [0.05, 0.1) is 10.6 Å². The van der Waals surface area contributed by atoms with Gasteiger partial charge < -0.3 is 10.6 Å². The topological polar surface area (TPSA) is 105 Å². The molecule has 0 radical (unpaired) electrons. The Morgan fingerprint density at radius 1 is 1.39 bits per heavy atom. The second-order valence-corrected chi connectivity index (χ2v) is 4.13. The Hall–Kier alpha value is -2.15. The number of nitrogens with two attached hydrogens (primary N) is 1. The first kappa shape index (κ1) is 12.3. The highest BCUT2D eigenvalue weighted by molar-refractivity contribution is 6.33. The Morgan fingerprint density at radius 3 is 2.61 bits per heavy atom. The largest absolute Gasteiger partial charge is 0.384 e. The molecule has 2 heterocycles. The van der Waals surface area contributed by atoms with E-state index in [1.54, 1.807) is 0 Å². The van der Waals surface area contributed by atoms with Gasteiger partial charge in [0.15, 0.2) is 0 Å². The first-order chi connectivity index (χ1) is 8.47. The molecule has 2 rings (SSSR count). The number of pyridine rings is 1. The number of nitrogens with one attached hydrogen (secondary N) is 1. The van der Waals surface area contributed by atoms with Crippen molar-refractivity contribution in [3.8, 4) is 0 Å². The van der Waals surface area contributed by atoms with Crippen LogP contribution in [0.2, 0.25) is 5.02 Å². The zero-order valence-electron chi connectivity index (χ0n) is 9.14. The summed E-state index contributed by atoms with van der Waals surface area (Å²) in [6.07, 6.45) is 1.25. The molecular formula is C10H9ClN4O3. The molecule has 7 nitrogen and oxygen atoms in total. The molecule has 1 saturated heterocycles. The van der Waals surface area contributed by atoms with E-state index in [1.165, 1.54) is 12.3 Å². The summed E-state index contributed by atoms with van der Waals surface area (Å²) in [5.74, 6) is -1.46. The Bertz CT molecular complexity index is 530. The molecule has 0 aliphatic carbocycles. The van der Waals surface area contributed by atoms with Crippen LogP contribution in [0, 0.1) is 0 Å². The van der Waals surface area contributed by atoms with Gasteiger partial charge in [-0.1, -0.05) is 11.6 Å². The number of carbonyl (C=O) groups excluding carboxylic acids is 3. The Labute approximate surface area is 107 Å². The van der Waals surface area contributed by atoms with Gasteiger partial charge in [-0.3, -0.25) is 19.7 Å². The summed E-state index contributed by atoms with van der Waals surface area (Å²) < 4.78 is 0. The van der Waals surface area contributed by atoms with Gasteiger partial charge in [-0.2, -0.15) is 0 Å². The van der Waals surface area contributed by atoms with Gasteiger partial charge in [-0.05, 0) is 6.07 Å². The van der Waals surface area contributed by atoms with Crippen molar-refractivity contribution in [2.24, 2.45) is 0 Å². The van der Waals surface area contributed by atoms with Gasteiger partial charge in [0.1, 0.15) is 18.9 Å². The third-order valence-electron chi connectivity index (χ3n) is 2.34. The number of rotatable bonds is 1. The van der Waals surface area contributed by atoms with Crippen molar-refractivity contribution in [2.45, 2.75) is 0 Å². The van der Waals surface area contributed by atoms with Gasteiger partial charge in [0, 0.05) is 6.20 Å². The fraction of sp³-hybridized carbons (Fsp3) is 0.200. The lowest BCUT2D eigenvalue weighted by molar-refractivity contribution is -0.135. The lowest BCUT2D eigenvalue weighted by Gasteiger charge is -2.25. The fourth-order valence-electron chi connectivity index (χ4n) is 1.57. The second-order valence-electron chi connectivity index (χ2n) is 3.72. The smallest absolute Gasteiger partial charge is 0.256 e. The summed E-state index contributed by atoms with van der Waals surface area (Å²) in [5.41, 5.74) is 5.58. The van der Waals surface area contributed by atoms with Crippen molar-refractivity contribution in [3.63, 3.8) is 0 Å². The van der Waals surface area contributed by atoms with E-state index in [0.29, 0.717) is 0 Å². The van der Waals surface area contributed by atoms with Crippen LogP contribution in [0.1, 0.15) is 10.4 Å². The van der Waals surface area contributed by atoms with Crippen LogP contribution in [-0.2, 0) is 9.59 Å². The van der Waals surface area contributed by atoms with Crippen LogP contribution in [-0.4, -0.2) is 40.7 Å². The standard InChI is InChI=1S/C10H9ClN4O3/c11-6-2-13-7(12)1-5(6)10(18)15-3-8(16)14-9(17)4-15/h1-2H,3-4H2,(H2,12,13)(H,14,16,17). The van der Waals surface area contributed by atoms with E-state index in [0.717, 1.165) is 4.90 Å². The fourth-order valence-corrected chi connectivity index (χ4v) is 1.75. The molecule has 1 aliphatic heterocycles. The minimum Gasteiger partial charge on any atom is -0.384 e. The number of carbonyl (C=O) groups is 3. The van der Waals surface area contributed by atoms with Crippen LogP contribution in [0.25, 0.3) is 0 Å². The minimum absolute atomic E-state index is 0.117. The molecule has 0 unspecified atom stereocenters. The summed E-state index contributed by atoms with van der Waals surface area (Å²) >= 11 is 5.83. The number of nitrogens with zero attached hydrogens (tertiary/aromatic N) is 2. The maximum atomic E-state index is 12.1. The first-order valence-corrected chi connectivity index (χ1v) is 5.38. The number of amides is 3. The van der Waals surface area contributed by atoms with Crippen LogP contribution in [0.4, 0.5) is 5.82 Å². The monoisotopic (exact) mass is 268 g/mol. The van der Waals surface area contributed by atoms with Crippen LogP contribution >= 0.6 is 11.6 Å². The maximum absolute atomic E-state index is 12.1. The number of hydrogen-bond acceptors (Lipinski definition) is 5. The molecule has 1 aromatic heterocycles. The molecule has 0 saturated carbocycles. The van der Waals surface area contributed by atoms with E-state index in [9.17, 15) is 14.4 Å². The number of nitrogen functional groups attached to an aromatic ring is 1. The Morgan fingerprint density at radius 2 is 2.00 bits per heavy atom. The van der Waals surface area contributed by atoms with Crippen molar-refractivity contribution in [2.75, 3.05) is 18.8 Å². The third-order valence-corrected chi connectivity index (χ3v) is 2.64. The number of aromatic nitrogens is 1. The van der Waals surface area contributed by atoms with E-state index < -0.39 is 17.7 Å². The molecule has 3 N–H and O–H groups in total. The number of imide groups is 1. The molecule has 0 spiro atoms. The van der Waals surface area contributed by atoms with Gasteiger partial charge in [0.2, 0.25) is 11.8 Å². The Kier molecular flexibility index (Phi) is 3.15. The first-order valence-electron chi connectivity index (χ1n) is 5.00. The number of halogens is 1. The molecule has 3 amide bonds. The average Bonchev–Trinajstić information content (AvgIpc) is 2.30. The van der Waals surface area contributed by atoms with Gasteiger partial charge in [-0.15, -0.1) is 0 Å². The van der Waals surface area contributed by atoms with Gasteiger partial charge in [0.25, 0.3) is 5.91 Å². The van der Waals surface area contributed by atoms with E-state index in [2.05, 4.69) is 10.3 Å². The molecule has 1 aromatic rings. The highest BCUT2D eigenvalue weighted by atomic mass is 35.5. The summed E-state index contributed by atoms with van der Waals surface area (Å²) in [4.78, 5) is 39.3. The average molecular weight is 269 g/mol. The van der Waals surface area contributed by atoms with Gasteiger partial charge >= 0.3 is 0 Å². The predicted octanol–water partition coefficient (Wildman–Crippen LogP) is -0.584. The van der Waals surface area contributed by atoms with Crippen molar-refractivity contribution in [1.29, 1.82) is 0 Å². The van der Waals surface area contributed by atoms with E-state index >= 15 is 0 Å². The maximum Gasteiger partial charge on any atom is 0.256 e. The van der Waals surface area contributed by atoms with Crippen molar-refractivity contribution < 1.29 is 14.4 Å². The molecule has 18 heavy (non-hydrogen) atoms. The van der Waals surface area contributed by atoms with Crippen LogP contribution in [0.15, 0.2) is 12.3 Å². The van der Waals surface area contributed by atoms with Crippen molar-refractivity contribution in [1.82, 2.24) is 15.2 Å². The molecule has 8 heteroatoms. The third kappa shape index (κ3) is 2.40. The highest BCUT2D eigenvalue weighted by Crippen LogP contribution is 2.18. The number of anilines is 1. The lowest BCUT2D eigenvalue weighted by Crippen LogP contribution is -2.53. The van der Waals surface area contributed by atoms with Gasteiger partial charge in [-0.25, -0.2) is 4.98 Å². The number of hydrogen-bond donors (Lipinski definition) is 2. The molecular weight excluding hydrogens is 260 g/mol. The molecule has 1 fully saturated rings. The highest BCUT2D eigenvalue weighted by Gasteiger charge is 2.28. The molecule has 0 bridgehead atoms. The summed E-state index contributed by atoms with van der Waals surface area (Å²) in [7, 11) is 0. The van der Waals surface area contributed by atoms with Crippen molar-refractivity contribution in [3.05, 3.63) is 22.8 Å². The van der Waals surface area contributed by atoms with Crippen LogP contribution < -0.4 is 11.1 Å². The zero-order chi connectivity index (χ0) is 13.3. The van der Waals surface area contributed by atoms with Crippen LogP contribution in [0.3, 0.4) is 0 Å². The molecule has 1 aliphatic rings. The molecule has 0 aromatic carbocycles. The summed E-state index contributed by atoms with van der Waals surface area (Å²) in [6.45, 7) is -0.383. The zero-order valence-corrected chi connectivity index (χ0v) is 9.90. The molecule has 0 atom stereocenters. The normalized spacial score (nSPS) is 15.5. The summed E-state index contributed by atoms with van der Waals surface area (Å²) in [6, 6.07) is 1.31. The minimum atomic E-state index is -0.530. The van der Waals surface area contributed by atoms with E-state index in [-0.39, 0.29) is 29.5 Å². The molecule has 94 valence electrons. The number of piperazine rings is 1. The predicted molar refractivity (Wildman–Crippen MR) is 62.7 cm³/mol. The summed E-state index contributed by atoms with van der Waals surface area (Å²) in [5, 5.41) is 2.22. The van der Waals surface area contributed by atoms with E-state index in [4.69, 9.17) is 17.3 Å².